The number of anilines is 1. The second kappa shape index (κ2) is 6.51. The highest BCUT2D eigenvalue weighted by molar-refractivity contribution is 5.56. The van der Waals surface area contributed by atoms with Crippen LogP contribution in [0.25, 0.3) is 0 Å². The monoisotopic (exact) mass is 275 g/mol. The summed E-state index contributed by atoms with van der Waals surface area (Å²) < 4.78 is 5.84. The minimum Gasteiger partial charge on any atom is -0.491 e. The molecule has 2 nitrogen and oxygen atoms in total. The van der Waals surface area contributed by atoms with Crippen LogP contribution in [0, 0.1) is 11.3 Å². The number of rotatable bonds is 5. The minimum absolute atomic E-state index is 0.496. The fourth-order valence-electron chi connectivity index (χ4n) is 3.28. The van der Waals surface area contributed by atoms with Gasteiger partial charge in [0.2, 0.25) is 0 Å². The van der Waals surface area contributed by atoms with Gasteiger partial charge in [0.25, 0.3) is 0 Å². The molecule has 1 N–H and O–H groups in total. The summed E-state index contributed by atoms with van der Waals surface area (Å²) in [4.78, 5) is 0. The van der Waals surface area contributed by atoms with E-state index in [4.69, 9.17) is 4.74 Å². The van der Waals surface area contributed by atoms with Crippen molar-refractivity contribution in [2.45, 2.75) is 59.4 Å². The lowest BCUT2D eigenvalue weighted by atomic mass is 9.70. The SMILES string of the molecule is CCCOc1ccccc1NC1CCC(C)(C)CC1C. The van der Waals surface area contributed by atoms with Gasteiger partial charge in [-0.1, -0.05) is 39.8 Å². The van der Waals surface area contributed by atoms with Crippen molar-refractivity contribution in [1.29, 1.82) is 0 Å². The number of hydrogen-bond acceptors (Lipinski definition) is 2. The Bertz CT molecular complexity index is 427. The summed E-state index contributed by atoms with van der Waals surface area (Å²) in [5.41, 5.74) is 1.65. The molecule has 0 bridgehead atoms. The Labute approximate surface area is 123 Å². The molecule has 1 aliphatic carbocycles. The molecule has 2 heteroatoms. The minimum atomic E-state index is 0.496. The van der Waals surface area contributed by atoms with Gasteiger partial charge in [-0.3, -0.25) is 0 Å². The summed E-state index contributed by atoms with van der Waals surface area (Å²) >= 11 is 0. The summed E-state index contributed by atoms with van der Waals surface area (Å²) in [5.74, 6) is 1.70. The number of ether oxygens (including phenoxy) is 1. The molecule has 112 valence electrons. The Hall–Kier alpha value is -1.18. The van der Waals surface area contributed by atoms with E-state index in [2.05, 4.69) is 51.2 Å². The van der Waals surface area contributed by atoms with Crippen molar-refractivity contribution in [2.75, 3.05) is 11.9 Å². The highest BCUT2D eigenvalue weighted by Gasteiger charge is 2.32. The van der Waals surface area contributed by atoms with Crippen molar-refractivity contribution in [1.82, 2.24) is 0 Å². The first-order valence-electron chi connectivity index (χ1n) is 8.00. The second-order valence-electron chi connectivity index (χ2n) is 6.98. The topological polar surface area (TPSA) is 21.3 Å². The molecule has 0 saturated heterocycles. The van der Waals surface area contributed by atoms with Crippen LogP contribution in [0.2, 0.25) is 0 Å². The molecule has 0 spiro atoms. The Kier molecular flexibility index (Phi) is 4.95. The van der Waals surface area contributed by atoms with Crippen LogP contribution < -0.4 is 10.1 Å². The quantitative estimate of drug-likeness (QED) is 0.807. The largest absolute Gasteiger partial charge is 0.491 e. The van der Waals surface area contributed by atoms with Gasteiger partial charge in [-0.05, 0) is 49.1 Å². The van der Waals surface area contributed by atoms with Gasteiger partial charge in [0.15, 0.2) is 0 Å². The molecule has 0 radical (unpaired) electrons. The van der Waals surface area contributed by atoms with Gasteiger partial charge in [-0.2, -0.15) is 0 Å². The Morgan fingerprint density at radius 1 is 1.30 bits per heavy atom. The van der Waals surface area contributed by atoms with E-state index < -0.39 is 0 Å². The molecule has 1 saturated carbocycles. The van der Waals surface area contributed by atoms with Gasteiger partial charge in [0.1, 0.15) is 5.75 Å². The zero-order valence-electron chi connectivity index (χ0n) is 13.4. The first-order chi connectivity index (χ1) is 9.52. The maximum atomic E-state index is 5.84. The Morgan fingerprint density at radius 3 is 2.75 bits per heavy atom. The summed E-state index contributed by atoms with van der Waals surface area (Å²) in [6, 6.07) is 8.89. The zero-order valence-corrected chi connectivity index (χ0v) is 13.4. The normalized spacial score (nSPS) is 25.2. The lowest BCUT2D eigenvalue weighted by Crippen LogP contribution is -2.36. The smallest absolute Gasteiger partial charge is 0.142 e. The molecule has 20 heavy (non-hydrogen) atoms. The van der Waals surface area contributed by atoms with E-state index in [-0.39, 0.29) is 0 Å². The van der Waals surface area contributed by atoms with Gasteiger partial charge in [-0.15, -0.1) is 0 Å². The molecular weight excluding hydrogens is 246 g/mol. The van der Waals surface area contributed by atoms with Crippen LogP contribution in [0.3, 0.4) is 0 Å². The van der Waals surface area contributed by atoms with E-state index in [9.17, 15) is 0 Å². The van der Waals surface area contributed by atoms with Gasteiger partial charge >= 0.3 is 0 Å². The maximum absolute atomic E-state index is 5.84. The highest BCUT2D eigenvalue weighted by atomic mass is 16.5. The van der Waals surface area contributed by atoms with Gasteiger partial charge in [0.05, 0.1) is 12.3 Å². The summed E-state index contributed by atoms with van der Waals surface area (Å²) in [6.45, 7) is 10.1. The Morgan fingerprint density at radius 2 is 2.05 bits per heavy atom. The lowest BCUT2D eigenvalue weighted by Gasteiger charge is -2.40. The fourth-order valence-corrected chi connectivity index (χ4v) is 3.28. The van der Waals surface area contributed by atoms with Crippen LogP contribution >= 0.6 is 0 Å². The molecule has 1 fully saturated rings. The molecule has 0 aliphatic heterocycles. The van der Waals surface area contributed by atoms with Crippen molar-refractivity contribution in [3.63, 3.8) is 0 Å². The zero-order chi connectivity index (χ0) is 14.6. The van der Waals surface area contributed by atoms with Gasteiger partial charge < -0.3 is 10.1 Å². The van der Waals surface area contributed by atoms with Crippen molar-refractivity contribution in [2.24, 2.45) is 11.3 Å². The lowest BCUT2D eigenvalue weighted by molar-refractivity contribution is 0.177. The number of para-hydroxylation sites is 2. The molecule has 2 rings (SSSR count). The molecule has 0 heterocycles. The van der Waals surface area contributed by atoms with Gasteiger partial charge in [0, 0.05) is 6.04 Å². The van der Waals surface area contributed by atoms with Crippen LogP contribution in [0.4, 0.5) is 5.69 Å². The van der Waals surface area contributed by atoms with Crippen LogP contribution in [0.1, 0.15) is 53.4 Å². The third kappa shape index (κ3) is 3.91. The summed E-state index contributed by atoms with van der Waals surface area (Å²) in [5, 5.41) is 3.72. The van der Waals surface area contributed by atoms with Crippen LogP contribution in [-0.4, -0.2) is 12.6 Å². The van der Waals surface area contributed by atoms with E-state index in [1.165, 1.54) is 19.3 Å². The van der Waals surface area contributed by atoms with Gasteiger partial charge in [-0.25, -0.2) is 0 Å². The standard InChI is InChI=1S/C18H29NO/c1-5-12-20-17-9-7-6-8-16(17)19-15-10-11-18(3,4)13-14(15)2/h6-9,14-15,19H,5,10-13H2,1-4H3. The van der Waals surface area contributed by atoms with E-state index >= 15 is 0 Å². The number of nitrogens with one attached hydrogen (secondary N) is 1. The molecule has 0 amide bonds. The van der Waals surface area contributed by atoms with Crippen LogP contribution in [0.5, 0.6) is 5.75 Å². The predicted molar refractivity (Wildman–Crippen MR) is 86.4 cm³/mol. The Balaban J connectivity index is 2.03. The predicted octanol–water partition coefficient (Wildman–Crippen LogP) is 5.10. The van der Waals surface area contributed by atoms with Crippen molar-refractivity contribution >= 4 is 5.69 Å². The molecule has 2 atom stereocenters. The van der Waals surface area contributed by atoms with Crippen LogP contribution in [-0.2, 0) is 0 Å². The fraction of sp³-hybridized carbons (Fsp3) is 0.667. The maximum Gasteiger partial charge on any atom is 0.142 e. The summed E-state index contributed by atoms with van der Waals surface area (Å²) in [6.07, 6.45) is 4.88. The summed E-state index contributed by atoms with van der Waals surface area (Å²) in [7, 11) is 0. The van der Waals surface area contributed by atoms with Crippen molar-refractivity contribution in [3.05, 3.63) is 24.3 Å². The molecular formula is C18H29NO. The average Bonchev–Trinajstić information content (AvgIpc) is 2.40. The number of benzene rings is 1. The molecule has 2 unspecified atom stereocenters. The molecule has 0 aromatic heterocycles. The van der Waals surface area contributed by atoms with Crippen LogP contribution in [0.15, 0.2) is 24.3 Å². The van der Waals surface area contributed by atoms with E-state index in [0.29, 0.717) is 17.4 Å². The molecule has 1 aromatic carbocycles. The highest BCUT2D eigenvalue weighted by Crippen LogP contribution is 2.40. The number of hydrogen-bond donors (Lipinski definition) is 1. The average molecular weight is 275 g/mol. The third-order valence-corrected chi connectivity index (χ3v) is 4.38. The van der Waals surface area contributed by atoms with Crippen molar-refractivity contribution in [3.8, 4) is 5.75 Å². The third-order valence-electron chi connectivity index (χ3n) is 4.38. The first kappa shape index (κ1) is 15.2. The van der Waals surface area contributed by atoms with E-state index in [1.807, 2.05) is 6.07 Å². The first-order valence-corrected chi connectivity index (χ1v) is 8.00. The molecule has 1 aliphatic rings. The van der Waals surface area contributed by atoms with E-state index in [0.717, 1.165) is 24.5 Å². The molecule has 1 aromatic rings. The van der Waals surface area contributed by atoms with Crippen molar-refractivity contribution < 1.29 is 4.74 Å². The van der Waals surface area contributed by atoms with E-state index in [1.54, 1.807) is 0 Å². The second-order valence-corrected chi connectivity index (χ2v) is 6.98.